The van der Waals surface area contributed by atoms with Crippen LogP contribution in [0.4, 0.5) is 4.79 Å². The first kappa shape index (κ1) is 28.9. The molecule has 0 aliphatic carbocycles. The van der Waals surface area contributed by atoms with E-state index in [1.165, 1.54) is 0 Å². The molecule has 0 radical (unpaired) electrons. The molecule has 1 fully saturated rings. The van der Waals surface area contributed by atoms with Gasteiger partial charge in [0.1, 0.15) is 41.7 Å². The molecule has 1 aromatic rings. The zero-order valence-corrected chi connectivity index (χ0v) is 24.1. The standard InChI is InChI=1S/C28H39N3O8/c1-9-20-24(29-27(32)39-28(3,4)5)26-31(30-20,12-19-14-36-16-37-15-19)25(17(2)38-26)23-21(34-7)10-18(13-33-6)11-22(23)35-8/h10-11,19H,9,12-16H2,1-8H3/p+1. The maximum absolute atomic E-state index is 12.9. The second kappa shape index (κ2) is 11.5. The van der Waals surface area contributed by atoms with Crippen molar-refractivity contribution >= 4 is 17.5 Å². The van der Waals surface area contributed by atoms with Crippen LogP contribution in [0.25, 0.3) is 5.70 Å². The van der Waals surface area contributed by atoms with Gasteiger partial charge in [0, 0.05) is 14.0 Å². The Morgan fingerprint density at radius 2 is 1.77 bits per heavy atom. The average molecular weight is 547 g/mol. The van der Waals surface area contributed by atoms with Crippen LogP contribution in [0.1, 0.15) is 52.2 Å². The van der Waals surface area contributed by atoms with Crippen LogP contribution < -0.4 is 14.8 Å². The number of hydrogen-bond acceptors (Lipinski definition) is 9. The van der Waals surface area contributed by atoms with E-state index in [9.17, 15) is 4.79 Å². The van der Waals surface area contributed by atoms with Gasteiger partial charge in [-0.3, -0.25) is 5.32 Å². The van der Waals surface area contributed by atoms with Crippen LogP contribution in [0.2, 0.25) is 0 Å². The van der Waals surface area contributed by atoms with Gasteiger partial charge in [0.2, 0.25) is 5.70 Å². The maximum atomic E-state index is 12.9. The summed E-state index contributed by atoms with van der Waals surface area (Å²) in [7, 11) is 4.87. The smallest absolute Gasteiger partial charge is 0.412 e. The highest BCUT2D eigenvalue weighted by Gasteiger charge is 2.58. The Balaban J connectivity index is 1.90. The first-order valence-electron chi connectivity index (χ1n) is 13.1. The van der Waals surface area contributed by atoms with E-state index in [1.54, 1.807) is 21.3 Å². The number of rotatable bonds is 9. The Labute approximate surface area is 229 Å². The highest BCUT2D eigenvalue weighted by Crippen LogP contribution is 2.53. The minimum absolute atomic E-state index is 0.00531. The third kappa shape index (κ3) is 5.76. The lowest BCUT2D eigenvalue weighted by atomic mass is 10.0. The van der Waals surface area contributed by atoms with E-state index in [2.05, 4.69) is 5.32 Å². The number of nitrogens with one attached hydrogen (secondary N) is 1. The normalized spacial score (nSPS) is 21.5. The van der Waals surface area contributed by atoms with Crippen molar-refractivity contribution < 1.29 is 42.5 Å². The van der Waals surface area contributed by atoms with Gasteiger partial charge in [-0.25, -0.2) is 4.79 Å². The number of alkyl carbamates (subject to hydrolysis) is 1. The zero-order valence-electron chi connectivity index (χ0n) is 24.1. The van der Waals surface area contributed by atoms with E-state index >= 15 is 0 Å². The van der Waals surface area contributed by atoms with Gasteiger partial charge in [-0.1, -0.05) is 16.6 Å². The molecule has 214 valence electrons. The highest BCUT2D eigenvalue weighted by atomic mass is 16.7. The number of nitrogens with zero attached hydrogens (tertiary/aromatic N) is 2. The maximum Gasteiger partial charge on any atom is 0.412 e. The number of benzene rings is 1. The van der Waals surface area contributed by atoms with E-state index in [0.29, 0.717) is 72.9 Å². The highest BCUT2D eigenvalue weighted by molar-refractivity contribution is 6.03. The van der Waals surface area contributed by atoms with Crippen LogP contribution in [-0.4, -0.2) is 69.9 Å². The average Bonchev–Trinajstić information content (AvgIpc) is 3.31. The molecule has 1 atom stereocenters. The summed E-state index contributed by atoms with van der Waals surface area (Å²) in [6.45, 7) is 11.5. The molecule has 0 bridgehead atoms. The second-order valence-electron chi connectivity index (χ2n) is 10.7. The molecule has 11 heteroatoms. The number of fused-ring (bicyclic) bond motifs is 1. The molecule has 1 amide bonds. The molecule has 3 heterocycles. The number of hydrogen-bond donors (Lipinski definition) is 1. The van der Waals surface area contributed by atoms with Crippen molar-refractivity contribution in [1.82, 2.24) is 5.32 Å². The van der Waals surface area contributed by atoms with Gasteiger partial charge in [-0.15, -0.1) is 0 Å². The Morgan fingerprint density at radius 3 is 2.31 bits per heavy atom. The topological polar surface area (TPSA) is 106 Å². The monoisotopic (exact) mass is 546 g/mol. The molecular formula is C28H40N3O8+. The summed E-state index contributed by atoms with van der Waals surface area (Å²) in [6, 6.07) is 3.85. The molecule has 11 nitrogen and oxygen atoms in total. The third-order valence-corrected chi connectivity index (χ3v) is 6.55. The van der Waals surface area contributed by atoms with Gasteiger partial charge in [0.25, 0.3) is 0 Å². The van der Waals surface area contributed by atoms with Crippen LogP contribution >= 0.6 is 0 Å². The van der Waals surface area contributed by atoms with Gasteiger partial charge >= 0.3 is 12.0 Å². The molecule has 0 spiro atoms. The van der Waals surface area contributed by atoms with Gasteiger partial charge < -0.3 is 33.2 Å². The van der Waals surface area contributed by atoms with Crippen molar-refractivity contribution in [3.05, 3.63) is 40.6 Å². The van der Waals surface area contributed by atoms with Crippen LogP contribution in [-0.2, 0) is 30.3 Å². The fourth-order valence-electron chi connectivity index (χ4n) is 5.16. The van der Waals surface area contributed by atoms with E-state index < -0.39 is 11.7 Å². The number of quaternary nitrogens is 1. The summed E-state index contributed by atoms with van der Waals surface area (Å²) >= 11 is 0. The number of allylic oxidation sites excluding steroid dienone is 2. The molecule has 0 aromatic heterocycles. The van der Waals surface area contributed by atoms with E-state index in [0.717, 1.165) is 11.3 Å². The van der Waals surface area contributed by atoms with E-state index in [1.807, 2.05) is 46.8 Å². The van der Waals surface area contributed by atoms with Crippen molar-refractivity contribution in [1.29, 1.82) is 0 Å². The first-order chi connectivity index (χ1) is 18.6. The Hall–Kier alpha value is -3.12. The fourth-order valence-corrected chi connectivity index (χ4v) is 5.16. The van der Waals surface area contributed by atoms with Crippen LogP contribution in [0, 0.1) is 5.92 Å². The number of amides is 1. The van der Waals surface area contributed by atoms with Crippen molar-refractivity contribution in [3.63, 3.8) is 0 Å². The Morgan fingerprint density at radius 1 is 1.13 bits per heavy atom. The molecule has 1 aromatic carbocycles. The van der Waals surface area contributed by atoms with Crippen LogP contribution in [0.15, 0.2) is 34.6 Å². The summed E-state index contributed by atoms with van der Waals surface area (Å²) < 4.78 is 40.4. The van der Waals surface area contributed by atoms with Crippen molar-refractivity contribution in [3.8, 4) is 11.5 Å². The molecule has 1 N–H and O–H groups in total. The molecule has 3 aliphatic heterocycles. The summed E-state index contributed by atoms with van der Waals surface area (Å²) in [5, 5.41) is 8.15. The predicted molar refractivity (Wildman–Crippen MR) is 143 cm³/mol. The third-order valence-electron chi connectivity index (χ3n) is 6.55. The molecule has 4 rings (SSSR count). The van der Waals surface area contributed by atoms with Crippen molar-refractivity contribution in [2.75, 3.05) is 47.9 Å². The van der Waals surface area contributed by atoms with Crippen molar-refractivity contribution in [2.24, 2.45) is 11.0 Å². The largest absolute Gasteiger partial charge is 0.496 e. The summed E-state index contributed by atoms with van der Waals surface area (Å²) in [5.41, 5.74) is 2.87. The molecule has 3 aliphatic rings. The van der Waals surface area contributed by atoms with Crippen molar-refractivity contribution in [2.45, 2.75) is 53.2 Å². The quantitative estimate of drug-likeness (QED) is 0.452. The Kier molecular flexibility index (Phi) is 8.55. The lowest BCUT2D eigenvalue weighted by Crippen LogP contribution is -2.44. The van der Waals surface area contributed by atoms with Gasteiger partial charge in [0.15, 0.2) is 11.5 Å². The Bertz CT molecular complexity index is 1170. The molecule has 39 heavy (non-hydrogen) atoms. The summed E-state index contributed by atoms with van der Waals surface area (Å²) in [5.74, 6) is 2.29. The molecule has 0 saturated carbocycles. The van der Waals surface area contributed by atoms with Crippen LogP contribution in [0.5, 0.6) is 11.5 Å². The van der Waals surface area contributed by atoms with Crippen LogP contribution in [0.3, 0.4) is 0 Å². The van der Waals surface area contributed by atoms with E-state index in [-0.39, 0.29) is 17.3 Å². The SMILES string of the molecule is CCC1=N[N+]2(CC3COCOC3)C(=C1NC(=O)OC(C)(C)C)OC(C)=C2c1c(OC)cc(COC)cc1OC. The lowest BCUT2D eigenvalue weighted by molar-refractivity contribution is -0.837. The van der Waals surface area contributed by atoms with Gasteiger partial charge in [-0.05, 0) is 44.9 Å². The molecule has 1 unspecified atom stereocenters. The fraction of sp³-hybridized carbons (Fsp3) is 0.571. The zero-order chi connectivity index (χ0) is 28.4. The van der Waals surface area contributed by atoms with Gasteiger partial charge in [-0.2, -0.15) is 0 Å². The summed E-state index contributed by atoms with van der Waals surface area (Å²) in [6.07, 6.45) is -0.0208. The molecule has 1 saturated heterocycles. The number of ether oxygens (including phenoxy) is 7. The van der Waals surface area contributed by atoms with Gasteiger partial charge in [0.05, 0.1) is 40.0 Å². The number of methoxy groups -OCH3 is 3. The summed E-state index contributed by atoms with van der Waals surface area (Å²) in [4.78, 5) is 12.9. The minimum atomic E-state index is -0.666. The number of carbonyl (C=O) groups excluding carboxylic acids is 1. The molecular weight excluding hydrogens is 506 g/mol. The van der Waals surface area contributed by atoms with E-state index in [4.69, 9.17) is 38.3 Å². The number of carbonyl (C=O) groups is 1. The lowest BCUT2D eigenvalue weighted by Gasteiger charge is -2.32. The minimum Gasteiger partial charge on any atom is -0.496 e. The predicted octanol–water partition coefficient (Wildman–Crippen LogP) is 4.48. The first-order valence-corrected chi connectivity index (χ1v) is 13.1. The second-order valence-corrected chi connectivity index (χ2v) is 10.7.